The SMILES string of the molecule is CC12c3c(-c4ccc(-c5ccc(-c6cc(-c7ccccc7)nc(-c7ccccc7)n6)cc5)cc4)nc4ccccc4c3SC1c1ccccc1N2c1cccc2ccccc12. The Morgan fingerprint density at radius 1 is 0.459 bits per heavy atom. The van der Waals surface area contributed by atoms with E-state index in [1.807, 2.05) is 48.2 Å². The van der Waals surface area contributed by atoms with E-state index in [2.05, 4.69) is 182 Å². The number of hydrogen-bond acceptors (Lipinski definition) is 5. The van der Waals surface area contributed by atoms with E-state index in [0.717, 1.165) is 56.0 Å². The third kappa shape index (κ3) is 5.72. The van der Waals surface area contributed by atoms with Crippen LogP contribution >= 0.6 is 11.8 Å². The predicted molar refractivity (Wildman–Crippen MR) is 253 cm³/mol. The number of anilines is 2. The second-order valence-electron chi connectivity index (χ2n) is 16.1. The van der Waals surface area contributed by atoms with Gasteiger partial charge >= 0.3 is 0 Å². The van der Waals surface area contributed by atoms with Crippen molar-refractivity contribution in [2.24, 2.45) is 0 Å². The van der Waals surface area contributed by atoms with E-state index >= 15 is 0 Å². The lowest BCUT2D eigenvalue weighted by atomic mass is 9.83. The first-order valence-electron chi connectivity index (χ1n) is 20.8. The predicted octanol–water partition coefficient (Wildman–Crippen LogP) is 14.7. The summed E-state index contributed by atoms with van der Waals surface area (Å²) >= 11 is 2.00. The topological polar surface area (TPSA) is 41.9 Å². The zero-order valence-electron chi connectivity index (χ0n) is 33.4. The Kier molecular flexibility index (Phi) is 8.26. The van der Waals surface area contributed by atoms with Gasteiger partial charge in [-0.15, -0.1) is 11.8 Å². The van der Waals surface area contributed by atoms with Crippen LogP contribution in [0.4, 0.5) is 11.4 Å². The fraction of sp³-hybridized carbons (Fsp3) is 0.0536. The lowest BCUT2D eigenvalue weighted by Gasteiger charge is -2.39. The minimum atomic E-state index is -0.406. The number of rotatable bonds is 6. The number of para-hydroxylation sites is 2. The van der Waals surface area contributed by atoms with Crippen LogP contribution in [0.1, 0.15) is 23.3 Å². The van der Waals surface area contributed by atoms with E-state index < -0.39 is 5.54 Å². The number of pyridine rings is 1. The normalized spacial score (nSPS) is 16.4. The molecule has 0 amide bonds. The van der Waals surface area contributed by atoms with Crippen molar-refractivity contribution in [1.82, 2.24) is 15.0 Å². The van der Waals surface area contributed by atoms with Gasteiger partial charge in [0, 0.05) is 54.9 Å². The van der Waals surface area contributed by atoms with Crippen LogP contribution in [0.15, 0.2) is 211 Å². The van der Waals surface area contributed by atoms with E-state index in [4.69, 9.17) is 15.0 Å². The standard InChI is InChI=1S/C56H38N4S/c1-56-51-52(57-46-24-12-10-22-44(46)53(51)61-54(56)45-23-11-13-25-50(45)60(56)49-26-14-20-38-15-8-9-21-43(38)49)41-33-29-37(30-34-41)36-27-31-40(32-28-36)48-35-47(39-16-4-2-5-17-39)58-55(59-48)42-18-6-3-7-19-42/h2-35,54H,1H3. The summed E-state index contributed by atoms with van der Waals surface area (Å²) in [6, 6.07) is 73.5. The first-order valence-corrected chi connectivity index (χ1v) is 21.7. The molecule has 10 aromatic rings. The number of nitrogens with zero attached hydrogens (tertiary/aromatic N) is 4. The fourth-order valence-corrected chi connectivity index (χ4v) is 11.3. The molecular formula is C56H38N4S. The Morgan fingerprint density at radius 3 is 1.74 bits per heavy atom. The highest BCUT2D eigenvalue weighted by Crippen LogP contribution is 2.69. The second kappa shape index (κ2) is 14.1. The average Bonchev–Trinajstić information content (AvgIpc) is 3.78. The number of aromatic nitrogens is 3. The van der Waals surface area contributed by atoms with Crippen molar-refractivity contribution in [2.45, 2.75) is 22.6 Å². The highest BCUT2D eigenvalue weighted by atomic mass is 32.2. The van der Waals surface area contributed by atoms with Crippen LogP contribution in [0, 0.1) is 0 Å². The van der Waals surface area contributed by atoms with Crippen molar-refractivity contribution in [2.75, 3.05) is 4.90 Å². The molecule has 0 saturated carbocycles. The maximum absolute atomic E-state index is 5.53. The Morgan fingerprint density at radius 2 is 1.00 bits per heavy atom. The van der Waals surface area contributed by atoms with Crippen LogP contribution < -0.4 is 4.90 Å². The van der Waals surface area contributed by atoms with E-state index in [1.54, 1.807) is 0 Å². The number of hydrogen-bond donors (Lipinski definition) is 0. The largest absolute Gasteiger partial charge is 0.329 e. The molecule has 0 radical (unpaired) electrons. The molecule has 0 bridgehead atoms. The van der Waals surface area contributed by atoms with Gasteiger partial charge in [-0.3, -0.25) is 0 Å². The first-order chi connectivity index (χ1) is 30.1. The molecule has 0 fully saturated rings. The lowest BCUT2D eigenvalue weighted by Crippen LogP contribution is -2.38. The highest BCUT2D eigenvalue weighted by molar-refractivity contribution is 8.00. The summed E-state index contributed by atoms with van der Waals surface area (Å²) in [5, 5.41) is 3.88. The minimum Gasteiger partial charge on any atom is -0.329 e. The maximum atomic E-state index is 5.53. The molecule has 61 heavy (non-hydrogen) atoms. The molecule has 8 aromatic carbocycles. The molecular weight excluding hydrogens is 761 g/mol. The van der Waals surface area contributed by atoms with Crippen LogP contribution in [0.25, 0.3) is 78.0 Å². The smallest absolute Gasteiger partial charge is 0.160 e. The molecule has 0 aliphatic carbocycles. The summed E-state index contributed by atoms with van der Waals surface area (Å²) in [6.45, 7) is 2.44. The van der Waals surface area contributed by atoms with Gasteiger partial charge in [-0.25, -0.2) is 15.0 Å². The first kappa shape index (κ1) is 35.6. The van der Waals surface area contributed by atoms with Crippen molar-refractivity contribution in [3.8, 4) is 56.3 Å². The van der Waals surface area contributed by atoms with Crippen molar-refractivity contribution in [3.63, 3.8) is 0 Å². The van der Waals surface area contributed by atoms with E-state index in [0.29, 0.717) is 5.82 Å². The Bertz CT molecular complexity index is 3230. The van der Waals surface area contributed by atoms with Gasteiger partial charge in [0.2, 0.25) is 0 Å². The van der Waals surface area contributed by atoms with Crippen molar-refractivity contribution >= 4 is 44.8 Å². The van der Waals surface area contributed by atoms with Gasteiger partial charge in [0.1, 0.15) is 0 Å². The van der Waals surface area contributed by atoms with Gasteiger partial charge in [-0.2, -0.15) is 0 Å². The van der Waals surface area contributed by atoms with Crippen molar-refractivity contribution in [1.29, 1.82) is 0 Å². The van der Waals surface area contributed by atoms with Gasteiger partial charge in [0.15, 0.2) is 5.82 Å². The maximum Gasteiger partial charge on any atom is 0.160 e. The molecule has 4 heterocycles. The second-order valence-corrected chi connectivity index (χ2v) is 17.2. The van der Waals surface area contributed by atoms with Gasteiger partial charge in [0.05, 0.1) is 33.4 Å². The van der Waals surface area contributed by atoms with Crippen LogP contribution in [-0.2, 0) is 5.54 Å². The molecule has 2 unspecified atom stereocenters. The van der Waals surface area contributed by atoms with Gasteiger partial charge in [-0.05, 0) is 53.3 Å². The van der Waals surface area contributed by atoms with Gasteiger partial charge in [0.25, 0.3) is 0 Å². The summed E-state index contributed by atoms with van der Waals surface area (Å²) in [4.78, 5) is 19.5. The molecule has 0 saturated heterocycles. The highest BCUT2D eigenvalue weighted by Gasteiger charge is 2.57. The van der Waals surface area contributed by atoms with Crippen molar-refractivity contribution < 1.29 is 0 Å². The zero-order chi connectivity index (χ0) is 40.5. The monoisotopic (exact) mass is 798 g/mol. The molecule has 2 aromatic heterocycles. The minimum absolute atomic E-state index is 0.184. The Hall–Kier alpha value is -7.34. The molecule has 5 heteroatoms. The quantitative estimate of drug-likeness (QED) is 0.168. The van der Waals surface area contributed by atoms with E-state index in [9.17, 15) is 0 Å². The van der Waals surface area contributed by atoms with Crippen LogP contribution in [0.5, 0.6) is 0 Å². The summed E-state index contributed by atoms with van der Waals surface area (Å²) in [7, 11) is 0. The summed E-state index contributed by atoms with van der Waals surface area (Å²) in [6.07, 6.45) is 0. The number of fused-ring (bicyclic) bond motifs is 8. The summed E-state index contributed by atoms with van der Waals surface area (Å²) in [5.41, 5.74) is 15.1. The molecule has 2 aliphatic heterocycles. The van der Waals surface area contributed by atoms with E-state index in [1.165, 1.54) is 43.6 Å². The van der Waals surface area contributed by atoms with E-state index in [-0.39, 0.29) is 5.25 Å². The average molecular weight is 799 g/mol. The van der Waals surface area contributed by atoms with Gasteiger partial charge in [-0.1, -0.05) is 182 Å². The molecule has 0 N–H and O–H groups in total. The molecule has 2 aliphatic rings. The molecule has 2 atom stereocenters. The lowest BCUT2D eigenvalue weighted by molar-refractivity contribution is 0.507. The molecule has 0 spiro atoms. The zero-order valence-corrected chi connectivity index (χ0v) is 34.2. The number of thioether (sulfide) groups is 1. The van der Waals surface area contributed by atoms with Crippen LogP contribution in [0.2, 0.25) is 0 Å². The van der Waals surface area contributed by atoms with Gasteiger partial charge < -0.3 is 4.90 Å². The third-order valence-corrected chi connectivity index (χ3v) is 14.1. The Balaban J connectivity index is 0.947. The number of benzene rings is 8. The van der Waals surface area contributed by atoms with Crippen LogP contribution in [-0.4, -0.2) is 15.0 Å². The van der Waals surface area contributed by atoms with Crippen molar-refractivity contribution in [3.05, 3.63) is 217 Å². The summed E-state index contributed by atoms with van der Waals surface area (Å²) in [5.74, 6) is 0.714. The molecule has 288 valence electrons. The summed E-state index contributed by atoms with van der Waals surface area (Å²) < 4.78 is 0. The molecule has 12 rings (SSSR count). The molecule has 4 nitrogen and oxygen atoms in total. The fourth-order valence-electron chi connectivity index (χ4n) is 9.61. The Labute approximate surface area is 359 Å². The van der Waals surface area contributed by atoms with Crippen LogP contribution in [0.3, 0.4) is 0 Å². The third-order valence-electron chi connectivity index (χ3n) is 12.5.